The highest BCUT2D eigenvalue weighted by molar-refractivity contribution is 5.99. The van der Waals surface area contributed by atoms with Gasteiger partial charge in [-0.1, -0.05) is 0 Å². The average molecular weight is 332 g/mol. The molecule has 0 saturated heterocycles. The van der Waals surface area contributed by atoms with Crippen LogP contribution in [0.15, 0.2) is 23.1 Å². The zero-order valence-electron chi connectivity index (χ0n) is 13.2. The highest BCUT2D eigenvalue weighted by Crippen LogP contribution is 2.35. The van der Waals surface area contributed by atoms with E-state index >= 15 is 0 Å². The maximum absolute atomic E-state index is 12.7. The van der Waals surface area contributed by atoms with Crippen LogP contribution in [0.4, 0.5) is 0 Å². The smallest absolute Gasteiger partial charge is 0.325 e. The van der Waals surface area contributed by atoms with Crippen LogP contribution in [0.5, 0.6) is 11.5 Å². The van der Waals surface area contributed by atoms with Gasteiger partial charge in [0.05, 0.1) is 10.9 Å². The van der Waals surface area contributed by atoms with Gasteiger partial charge in [0.1, 0.15) is 11.6 Å². The number of ether oxygens (including phenoxy) is 2. The first kappa shape index (κ1) is 15.9. The fraction of sp³-hybridized carbons (Fsp3) is 0.312. The second-order valence-corrected chi connectivity index (χ2v) is 5.41. The molecule has 0 aliphatic carbocycles. The number of rotatable bonds is 4. The zero-order valence-corrected chi connectivity index (χ0v) is 13.2. The minimum atomic E-state index is -1.18. The van der Waals surface area contributed by atoms with Crippen molar-refractivity contribution in [3.8, 4) is 11.5 Å². The van der Waals surface area contributed by atoms with Crippen LogP contribution in [0, 0.1) is 0 Å². The van der Waals surface area contributed by atoms with Gasteiger partial charge in [0.2, 0.25) is 12.2 Å². The van der Waals surface area contributed by atoms with E-state index in [0.717, 1.165) is 0 Å². The number of carbonyl (C=O) groups is 2. The van der Waals surface area contributed by atoms with E-state index in [4.69, 9.17) is 14.6 Å². The number of hydrogen-bond acceptors (Lipinski definition) is 5. The summed E-state index contributed by atoms with van der Waals surface area (Å²) in [6, 6.07) is 2.15. The average Bonchev–Trinajstić information content (AvgIpc) is 3.01. The molecule has 0 fully saturated rings. The van der Waals surface area contributed by atoms with Gasteiger partial charge in [-0.25, -0.2) is 0 Å². The number of pyridine rings is 1. The van der Waals surface area contributed by atoms with Crippen molar-refractivity contribution in [3.63, 3.8) is 0 Å². The molecule has 8 heteroatoms. The lowest BCUT2D eigenvalue weighted by molar-refractivity contribution is -0.138. The molecule has 1 amide bonds. The molecule has 1 aromatic heterocycles. The van der Waals surface area contributed by atoms with Crippen LogP contribution in [-0.2, 0) is 11.3 Å². The van der Waals surface area contributed by atoms with Gasteiger partial charge in [-0.15, -0.1) is 0 Å². The Labute approximate surface area is 136 Å². The molecule has 0 saturated carbocycles. The number of amides is 1. The fourth-order valence-electron chi connectivity index (χ4n) is 2.54. The number of nitrogens with one attached hydrogen (secondary N) is 1. The number of nitrogens with zero attached hydrogens (tertiary/aromatic N) is 1. The third-order valence-corrected chi connectivity index (χ3v) is 3.88. The van der Waals surface area contributed by atoms with Gasteiger partial charge < -0.3 is 24.5 Å². The standard InChI is InChI=1S/C16H16N2O6/c1-3-18-6-10(15(20)17-8(2)16(21)22)14(19)9-4-12-13(5-11(9)18)24-7-23-12/h4-6,8H,3,7H2,1-2H3,(H,17,20)(H,21,22)/t8-/m1/s1. The Morgan fingerprint density at radius 2 is 2.00 bits per heavy atom. The van der Waals surface area contributed by atoms with E-state index in [1.807, 2.05) is 6.92 Å². The molecule has 2 aromatic rings. The predicted octanol–water partition coefficient (Wildman–Crippen LogP) is 0.953. The van der Waals surface area contributed by atoms with E-state index < -0.39 is 23.3 Å². The van der Waals surface area contributed by atoms with Crippen LogP contribution in [0.25, 0.3) is 10.9 Å². The number of aliphatic carboxylic acids is 1. The summed E-state index contributed by atoms with van der Waals surface area (Å²) < 4.78 is 12.3. The summed E-state index contributed by atoms with van der Waals surface area (Å²) in [5.41, 5.74) is 0.0222. The summed E-state index contributed by atoms with van der Waals surface area (Å²) in [5.74, 6) is -0.917. The number of carboxylic acids is 1. The molecule has 8 nitrogen and oxygen atoms in total. The van der Waals surface area contributed by atoms with Crippen LogP contribution >= 0.6 is 0 Å². The highest BCUT2D eigenvalue weighted by Gasteiger charge is 2.22. The number of aryl methyl sites for hydroxylation is 1. The number of aromatic nitrogens is 1. The summed E-state index contributed by atoms with van der Waals surface area (Å²) in [6.45, 7) is 3.80. The molecule has 1 aromatic carbocycles. The molecule has 2 N–H and O–H groups in total. The minimum Gasteiger partial charge on any atom is -0.480 e. The first-order valence-electron chi connectivity index (χ1n) is 7.42. The Balaban J connectivity index is 2.14. The van der Waals surface area contributed by atoms with Crippen molar-refractivity contribution in [1.82, 2.24) is 9.88 Å². The second-order valence-electron chi connectivity index (χ2n) is 5.41. The van der Waals surface area contributed by atoms with Crippen molar-refractivity contribution >= 4 is 22.8 Å². The summed E-state index contributed by atoms with van der Waals surface area (Å²) in [4.78, 5) is 35.8. The molecule has 0 bridgehead atoms. The van der Waals surface area contributed by atoms with E-state index in [1.54, 1.807) is 16.7 Å². The molecular formula is C16H16N2O6. The quantitative estimate of drug-likeness (QED) is 0.863. The van der Waals surface area contributed by atoms with E-state index in [0.29, 0.717) is 28.9 Å². The summed E-state index contributed by atoms with van der Waals surface area (Å²) in [6.07, 6.45) is 1.43. The van der Waals surface area contributed by atoms with E-state index in [1.165, 1.54) is 13.1 Å². The van der Waals surface area contributed by atoms with Gasteiger partial charge in [0.25, 0.3) is 5.91 Å². The van der Waals surface area contributed by atoms with Crippen LogP contribution in [-0.4, -0.2) is 34.4 Å². The van der Waals surface area contributed by atoms with Gasteiger partial charge in [0, 0.05) is 18.8 Å². The molecule has 3 rings (SSSR count). The summed E-state index contributed by atoms with van der Waals surface area (Å²) in [5, 5.41) is 11.5. The topological polar surface area (TPSA) is 107 Å². The Kier molecular flexibility index (Phi) is 3.88. The van der Waals surface area contributed by atoms with Gasteiger partial charge in [-0.2, -0.15) is 0 Å². The van der Waals surface area contributed by atoms with Gasteiger partial charge in [-0.3, -0.25) is 14.4 Å². The Hall–Kier alpha value is -3.03. The van der Waals surface area contributed by atoms with Crippen LogP contribution < -0.4 is 20.2 Å². The Bertz CT molecular complexity index is 902. The van der Waals surface area contributed by atoms with E-state index in [2.05, 4.69) is 5.32 Å². The van der Waals surface area contributed by atoms with E-state index in [-0.39, 0.29) is 12.4 Å². The highest BCUT2D eigenvalue weighted by atomic mass is 16.7. The maximum Gasteiger partial charge on any atom is 0.325 e. The molecule has 0 spiro atoms. The number of carbonyl (C=O) groups excluding carboxylic acids is 1. The number of hydrogen-bond donors (Lipinski definition) is 2. The van der Waals surface area contributed by atoms with Gasteiger partial charge in [0.15, 0.2) is 11.5 Å². The first-order chi connectivity index (χ1) is 11.4. The SMILES string of the molecule is CCn1cc(C(=O)N[C@H](C)C(=O)O)c(=O)c2cc3c(cc21)OCO3. The Morgan fingerprint density at radius 3 is 2.62 bits per heavy atom. The molecule has 126 valence electrons. The minimum absolute atomic E-state index is 0.0788. The van der Waals surface area contributed by atoms with Crippen molar-refractivity contribution < 1.29 is 24.2 Å². The molecule has 1 atom stereocenters. The second kappa shape index (κ2) is 5.88. The summed E-state index contributed by atoms with van der Waals surface area (Å²) >= 11 is 0. The molecule has 0 unspecified atom stereocenters. The monoisotopic (exact) mass is 332 g/mol. The van der Waals surface area contributed by atoms with Crippen molar-refractivity contribution in [2.75, 3.05) is 6.79 Å². The predicted molar refractivity (Wildman–Crippen MR) is 84.6 cm³/mol. The lowest BCUT2D eigenvalue weighted by Crippen LogP contribution is -2.40. The number of benzene rings is 1. The van der Waals surface area contributed by atoms with Crippen LogP contribution in [0.2, 0.25) is 0 Å². The van der Waals surface area contributed by atoms with Gasteiger partial charge >= 0.3 is 5.97 Å². The normalized spacial score (nSPS) is 13.8. The molecule has 1 aliphatic heterocycles. The molecule has 0 radical (unpaired) electrons. The molecule has 24 heavy (non-hydrogen) atoms. The number of carboxylic acid groups (broad SMARTS) is 1. The third kappa shape index (κ3) is 2.55. The lowest BCUT2D eigenvalue weighted by Gasteiger charge is -2.13. The van der Waals surface area contributed by atoms with Crippen LogP contribution in [0.1, 0.15) is 24.2 Å². The molecule has 1 aliphatic rings. The molecular weight excluding hydrogens is 316 g/mol. The largest absolute Gasteiger partial charge is 0.480 e. The van der Waals surface area contributed by atoms with Crippen molar-refractivity contribution in [3.05, 3.63) is 34.1 Å². The zero-order chi connectivity index (χ0) is 17.4. The van der Waals surface area contributed by atoms with Gasteiger partial charge in [-0.05, 0) is 19.9 Å². The first-order valence-corrected chi connectivity index (χ1v) is 7.42. The number of fused-ring (bicyclic) bond motifs is 2. The third-order valence-electron chi connectivity index (χ3n) is 3.88. The van der Waals surface area contributed by atoms with Crippen molar-refractivity contribution in [2.24, 2.45) is 0 Å². The lowest BCUT2D eigenvalue weighted by atomic mass is 10.1. The summed E-state index contributed by atoms with van der Waals surface area (Å²) in [7, 11) is 0. The van der Waals surface area contributed by atoms with E-state index in [9.17, 15) is 14.4 Å². The Morgan fingerprint density at radius 1 is 1.33 bits per heavy atom. The molecule has 2 heterocycles. The fourth-order valence-corrected chi connectivity index (χ4v) is 2.54. The van der Waals surface area contributed by atoms with Crippen LogP contribution in [0.3, 0.4) is 0 Å². The van der Waals surface area contributed by atoms with Crippen molar-refractivity contribution in [2.45, 2.75) is 26.4 Å². The maximum atomic E-state index is 12.7. The van der Waals surface area contributed by atoms with Crippen molar-refractivity contribution in [1.29, 1.82) is 0 Å².